The van der Waals surface area contributed by atoms with Crippen LogP contribution in [0.15, 0.2) is 24.3 Å². The topological polar surface area (TPSA) is 80.8 Å². The average Bonchev–Trinajstić information content (AvgIpc) is 3.09. The molecule has 9 heteroatoms. The minimum atomic E-state index is -0.156. The molecule has 1 saturated heterocycles. The van der Waals surface area contributed by atoms with Gasteiger partial charge in [-0.05, 0) is 38.1 Å². The average molecular weight is 436 g/mol. The Hall–Kier alpha value is -2.10. The van der Waals surface area contributed by atoms with Gasteiger partial charge in [0.15, 0.2) is 5.13 Å². The van der Waals surface area contributed by atoms with Crippen LogP contribution in [-0.4, -0.2) is 66.1 Å². The number of aryl methyl sites for hydroxylation is 1. The lowest BCUT2D eigenvalue weighted by atomic mass is 10.1. The maximum atomic E-state index is 12.2. The van der Waals surface area contributed by atoms with E-state index in [9.17, 15) is 9.59 Å². The smallest absolute Gasteiger partial charge is 0.236 e. The third kappa shape index (κ3) is 6.19. The highest BCUT2D eigenvalue weighted by atomic mass is 32.2. The number of thioether (sulfide) groups is 1. The first kappa shape index (κ1) is 21.6. The third-order valence-corrected chi connectivity index (χ3v) is 6.11. The molecule has 0 bridgehead atoms. The van der Waals surface area contributed by atoms with Gasteiger partial charge in [0.05, 0.1) is 37.0 Å². The second-order valence-electron chi connectivity index (χ2n) is 6.42. The number of amides is 2. The van der Waals surface area contributed by atoms with Gasteiger partial charge >= 0.3 is 0 Å². The lowest BCUT2D eigenvalue weighted by molar-refractivity contribution is -0.132. The highest BCUT2D eigenvalue weighted by molar-refractivity contribution is 8.00. The molecule has 156 valence electrons. The van der Waals surface area contributed by atoms with E-state index in [1.807, 2.05) is 38.1 Å². The van der Waals surface area contributed by atoms with Crippen molar-refractivity contribution in [2.75, 3.05) is 49.7 Å². The van der Waals surface area contributed by atoms with Gasteiger partial charge in [0, 0.05) is 23.5 Å². The van der Waals surface area contributed by atoms with Crippen molar-refractivity contribution in [2.24, 2.45) is 0 Å². The number of carbonyl (C=O) groups is 2. The number of rotatable bonds is 8. The van der Waals surface area contributed by atoms with Crippen LogP contribution >= 0.6 is 23.1 Å². The molecule has 0 aliphatic carbocycles. The number of aromatic nitrogens is 1. The van der Waals surface area contributed by atoms with E-state index in [2.05, 4.69) is 10.3 Å². The predicted molar refractivity (Wildman–Crippen MR) is 117 cm³/mol. The molecular formula is C20H25N3O4S2. The minimum absolute atomic E-state index is 0.0500. The van der Waals surface area contributed by atoms with Gasteiger partial charge in [-0.25, -0.2) is 4.98 Å². The van der Waals surface area contributed by atoms with Crippen LogP contribution in [0.1, 0.15) is 11.8 Å². The lowest BCUT2D eigenvalue weighted by Gasteiger charge is -2.26. The van der Waals surface area contributed by atoms with Crippen LogP contribution in [-0.2, 0) is 14.3 Å². The first-order chi connectivity index (χ1) is 14.1. The summed E-state index contributed by atoms with van der Waals surface area (Å²) >= 11 is 2.76. The number of carbonyl (C=O) groups excluding carboxylic acids is 2. The van der Waals surface area contributed by atoms with Crippen molar-refractivity contribution in [2.45, 2.75) is 13.8 Å². The molecule has 1 aliphatic heterocycles. The van der Waals surface area contributed by atoms with Crippen molar-refractivity contribution >= 4 is 40.0 Å². The minimum Gasteiger partial charge on any atom is -0.494 e. The Balaban J connectivity index is 1.49. The molecule has 1 aromatic heterocycles. The zero-order valence-corrected chi connectivity index (χ0v) is 18.2. The second-order valence-corrected chi connectivity index (χ2v) is 8.60. The van der Waals surface area contributed by atoms with Gasteiger partial charge in [0.25, 0.3) is 0 Å². The van der Waals surface area contributed by atoms with E-state index in [1.54, 1.807) is 4.90 Å². The van der Waals surface area contributed by atoms with Crippen molar-refractivity contribution < 1.29 is 19.1 Å². The third-order valence-electron chi connectivity index (χ3n) is 4.30. The highest BCUT2D eigenvalue weighted by Crippen LogP contribution is 2.31. The molecule has 0 saturated carbocycles. The van der Waals surface area contributed by atoms with Gasteiger partial charge in [-0.15, -0.1) is 23.1 Å². The van der Waals surface area contributed by atoms with E-state index in [0.717, 1.165) is 21.9 Å². The maximum Gasteiger partial charge on any atom is 0.236 e. The lowest BCUT2D eigenvalue weighted by Crippen LogP contribution is -2.41. The summed E-state index contributed by atoms with van der Waals surface area (Å²) in [4.78, 5) is 31.7. The Labute approximate surface area is 178 Å². The number of nitrogens with zero attached hydrogens (tertiary/aromatic N) is 2. The number of anilines is 1. The summed E-state index contributed by atoms with van der Waals surface area (Å²) in [6, 6.07) is 7.76. The number of benzene rings is 1. The summed E-state index contributed by atoms with van der Waals surface area (Å²) in [6.07, 6.45) is 0. The van der Waals surface area contributed by atoms with E-state index in [1.165, 1.54) is 23.1 Å². The molecule has 1 aromatic carbocycles. The van der Waals surface area contributed by atoms with E-state index in [0.29, 0.717) is 43.8 Å². The molecule has 0 radical (unpaired) electrons. The molecule has 1 aliphatic rings. The van der Waals surface area contributed by atoms with Crippen molar-refractivity contribution in [1.82, 2.24) is 9.88 Å². The SMILES string of the molecule is CCOc1ccc(-c2nc(NC(=O)CSCC(=O)N3CCOCC3)sc2C)cc1. The number of hydrogen-bond acceptors (Lipinski definition) is 7. The zero-order chi connectivity index (χ0) is 20.6. The Kier molecular flexibility index (Phi) is 7.91. The fourth-order valence-corrected chi connectivity index (χ4v) is 4.45. The summed E-state index contributed by atoms with van der Waals surface area (Å²) in [7, 11) is 0. The number of ether oxygens (including phenoxy) is 2. The molecule has 7 nitrogen and oxygen atoms in total. The molecule has 29 heavy (non-hydrogen) atoms. The van der Waals surface area contributed by atoms with Crippen molar-refractivity contribution in [3.8, 4) is 17.0 Å². The molecule has 3 rings (SSSR count). The quantitative estimate of drug-likeness (QED) is 0.686. The Morgan fingerprint density at radius 1 is 1.24 bits per heavy atom. The molecule has 0 spiro atoms. The summed E-state index contributed by atoms with van der Waals surface area (Å²) < 4.78 is 10.7. The summed E-state index contributed by atoms with van der Waals surface area (Å²) in [5, 5.41) is 3.40. The summed E-state index contributed by atoms with van der Waals surface area (Å²) in [5.74, 6) is 1.22. The number of thiazole rings is 1. The van der Waals surface area contributed by atoms with Gasteiger partial charge in [-0.1, -0.05) is 0 Å². The van der Waals surface area contributed by atoms with Crippen molar-refractivity contribution in [3.05, 3.63) is 29.1 Å². The Morgan fingerprint density at radius 2 is 1.97 bits per heavy atom. The fraction of sp³-hybridized carbons (Fsp3) is 0.450. The Morgan fingerprint density at radius 3 is 2.66 bits per heavy atom. The van der Waals surface area contributed by atoms with Crippen molar-refractivity contribution in [3.63, 3.8) is 0 Å². The van der Waals surface area contributed by atoms with Gasteiger partial charge in [-0.2, -0.15) is 0 Å². The summed E-state index contributed by atoms with van der Waals surface area (Å²) in [6.45, 7) is 6.96. The van der Waals surface area contributed by atoms with Crippen LogP contribution in [0.4, 0.5) is 5.13 Å². The number of hydrogen-bond donors (Lipinski definition) is 1. The largest absolute Gasteiger partial charge is 0.494 e. The molecule has 1 fully saturated rings. The molecule has 0 atom stereocenters. The van der Waals surface area contributed by atoms with Gasteiger partial charge in [0.2, 0.25) is 11.8 Å². The van der Waals surface area contributed by atoms with Crippen LogP contribution in [0.25, 0.3) is 11.3 Å². The number of morpholine rings is 1. The van der Waals surface area contributed by atoms with Crippen LogP contribution < -0.4 is 10.1 Å². The van der Waals surface area contributed by atoms with Crippen molar-refractivity contribution in [1.29, 1.82) is 0 Å². The van der Waals surface area contributed by atoms with E-state index in [4.69, 9.17) is 9.47 Å². The zero-order valence-electron chi connectivity index (χ0n) is 16.6. The van der Waals surface area contributed by atoms with Gasteiger partial charge < -0.3 is 19.7 Å². The monoisotopic (exact) mass is 435 g/mol. The van der Waals surface area contributed by atoms with E-state index >= 15 is 0 Å². The highest BCUT2D eigenvalue weighted by Gasteiger charge is 2.17. The molecule has 1 N–H and O–H groups in total. The number of nitrogens with one attached hydrogen (secondary N) is 1. The summed E-state index contributed by atoms with van der Waals surface area (Å²) in [5.41, 5.74) is 1.83. The first-order valence-electron chi connectivity index (χ1n) is 9.50. The fourth-order valence-electron chi connectivity index (χ4n) is 2.88. The predicted octanol–water partition coefficient (Wildman–Crippen LogP) is 3.05. The normalized spacial score (nSPS) is 13.9. The van der Waals surface area contributed by atoms with E-state index in [-0.39, 0.29) is 17.6 Å². The van der Waals surface area contributed by atoms with Gasteiger partial charge in [-0.3, -0.25) is 9.59 Å². The first-order valence-corrected chi connectivity index (χ1v) is 11.5. The van der Waals surface area contributed by atoms with Gasteiger partial charge in [0.1, 0.15) is 5.75 Å². The molecular weight excluding hydrogens is 410 g/mol. The molecule has 2 heterocycles. The molecule has 2 amide bonds. The van der Waals surface area contributed by atoms with Crippen LogP contribution in [0.2, 0.25) is 0 Å². The molecule has 2 aromatic rings. The van der Waals surface area contributed by atoms with Crippen LogP contribution in [0.3, 0.4) is 0 Å². The molecule has 0 unspecified atom stereocenters. The Bertz CT molecular complexity index is 833. The van der Waals surface area contributed by atoms with Crippen LogP contribution in [0.5, 0.6) is 5.75 Å². The maximum absolute atomic E-state index is 12.2. The standard InChI is InChI=1S/C20H25N3O4S2/c1-3-27-16-6-4-15(5-7-16)19-14(2)29-20(22-19)21-17(24)12-28-13-18(25)23-8-10-26-11-9-23/h4-7H,3,8-13H2,1-2H3,(H,21,22,24). The second kappa shape index (κ2) is 10.6. The van der Waals surface area contributed by atoms with Crippen LogP contribution in [0, 0.1) is 6.92 Å². The van der Waals surface area contributed by atoms with E-state index < -0.39 is 0 Å².